The summed E-state index contributed by atoms with van der Waals surface area (Å²) in [5.74, 6) is 0.0566. The number of benzene rings is 1. The third kappa shape index (κ3) is 4.40. The summed E-state index contributed by atoms with van der Waals surface area (Å²) in [5.41, 5.74) is 1.19. The molecule has 2 heterocycles. The van der Waals surface area contributed by atoms with Crippen LogP contribution in [0.2, 0.25) is 0 Å². The minimum Gasteiger partial charge on any atom is -0.467 e. The van der Waals surface area contributed by atoms with E-state index < -0.39 is 0 Å². The number of amides is 2. The van der Waals surface area contributed by atoms with E-state index in [0.717, 1.165) is 10.2 Å². The fourth-order valence-electron chi connectivity index (χ4n) is 2.60. The third-order valence-electron chi connectivity index (χ3n) is 4.03. The number of carbonyl (C=O) groups is 2. The zero-order valence-electron chi connectivity index (χ0n) is 15.1. The summed E-state index contributed by atoms with van der Waals surface area (Å²) >= 11 is 1.48. The van der Waals surface area contributed by atoms with Crippen LogP contribution in [0.15, 0.2) is 42.0 Å². The fraction of sp³-hybridized carbons (Fsp3) is 0.263. The largest absolute Gasteiger partial charge is 0.467 e. The van der Waals surface area contributed by atoms with Crippen molar-refractivity contribution in [2.75, 3.05) is 25.0 Å². The summed E-state index contributed by atoms with van der Waals surface area (Å²) in [6, 6.07) is 8.68. The Balaban J connectivity index is 1.58. The number of rotatable bonds is 7. The predicted molar refractivity (Wildman–Crippen MR) is 105 cm³/mol. The quantitative estimate of drug-likeness (QED) is 0.676. The van der Waals surface area contributed by atoms with Gasteiger partial charge in [0.15, 0.2) is 6.61 Å². The van der Waals surface area contributed by atoms with Crippen LogP contribution in [0.5, 0.6) is 5.88 Å². The first-order valence-corrected chi connectivity index (χ1v) is 9.50. The van der Waals surface area contributed by atoms with Crippen LogP contribution in [0.1, 0.15) is 24.2 Å². The van der Waals surface area contributed by atoms with Crippen LogP contribution in [0, 0.1) is 0 Å². The molecule has 0 aliphatic heterocycles. The van der Waals surface area contributed by atoms with E-state index in [9.17, 15) is 9.59 Å². The number of ether oxygens (including phenoxy) is 1. The number of anilines is 1. The van der Waals surface area contributed by atoms with E-state index in [0.29, 0.717) is 30.2 Å². The number of hydrogen-bond donors (Lipinski definition) is 1. The van der Waals surface area contributed by atoms with Gasteiger partial charge in [0.1, 0.15) is 11.2 Å². The average Bonchev–Trinajstić information content (AvgIpc) is 3.17. The lowest BCUT2D eigenvalue weighted by Gasteiger charge is -2.18. The van der Waals surface area contributed by atoms with Crippen LogP contribution in [0.4, 0.5) is 5.69 Å². The van der Waals surface area contributed by atoms with E-state index in [1.54, 1.807) is 29.2 Å². The maximum atomic E-state index is 12.3. The Hall–Kier alpha value is -3.00. The second kappa shape index (κ2) is 8.59. The molecular weight excluding hydrogens is 364 g/mol. The lowest BCUT2D eigenvalue weighted by Crippen LogP contribution is -2.30. The fourth-order valence-corrected chi connectivity index (χ4v) is 3.33. The Kier molecular flexibility index (Phi) is 5.97. The number of carbonyl (C=O) groups excluding carboxylic acids is 2. The van der Waals surface area contributed by atoms with Crippen molar-refractivity contribution in [1.82, 2.24) is 14.9 Å². The van der Waals surface area contributed by atoms with Crippen LogP contribution in [0.25, 0.3) is 10.2 Å². The highest BCUT2D eigenvalue weighted by Crippen LogP contribution is 2.25. The summed E-state index contributed by atoms with van der Waals surface area (Å²) in [4.78, 5) is 35.2. The molecule has 0 aliphatic rings. The Morgan fingerprint density at radius 2 is 1.85 bits per heavy atom. The maximum Gasteiger partial charge on any atom is 0.262 e. The van der Waals surface area contributed by atoms with Crippen molar-refractivity contribution in [3.63, 3.8) is 0 Å². The lowest BCUT2D eigenvalue weighted by molar-refractivity contribution is -0.118. The maximum absolute atomic E-state index is 12.3. The van der Waals surface area contributed by atoms with Crippen molar-refractivity contribution in [2.45, 2.75) is 13.8 Å². The van der Waals surface area contributed by atoms with Gasteiger partial charge in [0.25, 0.3) is 11.8 Å². The highest BCUT2D eigenvalue weighted by molar-refractivity contribution is 7.16. The molecule has 0 atom stereocenters. The van der Waals surface area contributed by atoms with Gasteiger partial charge < -0.3 is 15.0 Å². The molecule has 3 rings (SSSR count). The molecule has 0 saturated carbocycles. The van der Waals surface area contributed by atoms with Gasteiger partial charge in [0.05, 0.1) is 5.39 Å². The highest BCUT2D eigenvalue weighted by Gasteiger charge is 2.13. The highest BCUT2D eigenvalue weighted by atomic mass is 32.1. The Morgan fingerprint density at radius 1 is 1.11 bits per heavy atom. The molecule has 0 spiro atoms. The molecule has 7 nitrogen and oxygen atoms in total. The molecule has 0 saturated heterocycles. The van der Waals surface area contributed by atoms with Crippen molar-refractivity contribution in [3.8, 4) is 5.88 Å². The molecule has 8 heteroatoms. The van der Waals surface area contributed by atoms with Crippen molar-refractivity contribution >= 4 is 39.1 Å². The summed E-state index contributed by atoms with van der Waals surface area (Å²) in [7, 11) is 0. The first kappa shape index (κ1) is 18.8. The zero-order valence-corrected chi connectivity index (χ0v) is 16.0. The molecule has 0 unspecified atom stereocenters. The van der Waals surface area contributed by atoms with Crippen LogP contribution >= 0.6 is 11.3 Å². The van der Waals surface area contributed by atoms with Crippen LogP contribution in [-0.4, -0.2) is 46.4 Å². The second-order valence-electron chi connectivity index (χ2n) is 5.71. The van der Waals surface area contributed by atoms with Gasteiger partial charge in [0.2, 0.25) is 5.88 Å². The standard InChI is InChI=1S/C19H20N4O3S/c1-3-23(4-2)19(25)13-5-7-14(8-6-13)22-16(24)11-26-17-15-9-10-27-18(15)21-12-20-17/h5-10,12H,3-4,11H2,1-2H3,(H,22,24). The Bertz CT molecular complexity index is 936. The summed E-state index contributed by atoms with van der Waals surface area (Å²) < 4.78 is 5.52. The van der Waals surface area contributed by atoms with Crippen molar-refractivity contribution in [1.29, 1.82) is 0 Å². The lowest BCUT2D eigenvalue weighted by atomic mass is 10.2. The molecule has 2 aromatic heterocycles. The minimum absolute atomic E-state index is 0.0234. The molecule has 3 aromatic rings. The number of hydrogen-bond acceptors (Lipinski definition) is 6. The number of nitrogens with zero attached hydrogens (tertiary/aromatic N) is 3. The molecule has 0 radical (unpaired) electrons. The van der Waals surface area contributed by atoms with E-state index in [-0.39, 0.29) is 18.4 Å². The predicted octanol–water partition coefficient (Wildman–Crippen LogP) is 3.19. The van der Waals surface area contributed by atoms with Crippen LogP contribution in [-0.2, 0) is 4.79 Å². The van der Waals surface area contributed by atoms with Gasteiger partial charge in [0, 0.05) is 24.3 Å². The molecule has 140 valence electrons. The first-order chi connectivity index (χ1) is 13.1. The van der Waals surface area contributed by atoms with E-state index in [1.807, 2.05) is 25.3 Å². The summed E-state index contributed by atoms with van der Waals surface area (Å²) in [6.07, 6.45) is 1.41. The van der Waals surface area contributed by atoms with Gasteiger partial charge in [-0.15, -0.1) is 11.3 Å². The monoisotopic (exact) mass is 384 g/mol. The molecule has 2 amide bonds. The third-order valence-corrected chi connectivity index (χ3v) is 4.85. The van der Waals surface area contributed by atoms with Crippen LogP contribution in [0.3, 0.4) is 0 Å². The summed E-state index contributed by atoms with van der Waals surface area (Å²) in [5, 5.41) is 5.43. The number of thiophene rings is 1. The average molecular weight is 384 g/mol. The summed E-state index contributed by atoms with van der Waals surface area (Å²) in [6.45, 7) is 5.04. The smallest absolute Gasteiger partial charge is 0.262 e. The van der Waals surface area contributed by atoms with Crippen molar-refractivity contribution in [3.05, 3.63) is 47.6 Å². The van der Waals surface area contributed by atoms with Gasteiger partial charge in [-0.2, -0.15) is 0 Å². The topological polar surface area (TPSA) is 84.4 Å². The molecule has 0 fully saturated rings. The molecule has 0 aliphatic carbocycles. The van der Waals surface area contributed by atoms with Crippen molar-refractivity contribution < 1.29 is 14.3 Å². The van der Waals surface area contributed by atoms with Gasteiger partial charge in [-0.1, -0.05) is 0 Å². The molecule has 1 N–H and O–H groups in total. The molecule has 0 bridgehead atoms. The minimum atomic E-state index is -0.306. The second-order valence-corrected chi connectivity index (χ2v) is 6.60. The van der Waals surface area contributed by atoms with E-state index in [1.165, 1.54) is 17.7 Å². The Labute approximate surface area is 161 Å². The SMILES string of the molecule is CCN(CC)C(=O)c1ccc(NC(=O)COc2ncnc3sccc23)cc1. The van der Waals surface area contributed by atoms with Crippen molar-refractivity contribution in [2.24, 2.45) is 0 Å². The number of aromatic nitrogens is 2. The van der Waals surface area contributed by atoms with E-state index in [2.05, 4.69) is 15.3 Å². The van der Waals surface area contributed by atoms with Crippen LogP contribution < -0.4 is 10.1 Å². The Morgan fingerprint density at radius 3 is 2.56 bits per heavy atom. The molecular formula is C19H20N4O3S. The number of fused-ring (bicyclic) bond motifs is 1. The first-order valence-electron chi connectivity index (χ1n) is 8.62. The van der Waals surface area contributed by atoms with Gasteiger partial charge in [-0.3, -0.25) is 9.59 Å². The normalized spacial score (nSPS) is 10.6. The van der Waals surface area contributed by atoms with E-state index in [4.69, 9.17) is 4.74 Å². The van der Waals surface area contributed by atoms with Gasteiger partial charge >= 0.3 is 0 Å². The van der Waals surface area contributed by atoms with Gasteiger partial charge in [-0.25, -0.2) is 9.97 Å². The molecule has 27 heavy (non-hydrogen) atoms. The van der Waals surface area contributed by atoms with E-state index >= 15 is 0 Å². The van der Waals surface area contributed by atoms with Gasteiger partial charge in [-0.05, 0) is 49.6 Å². The molecule has 1 aromatic carbocycles. The zero-order chi connectivity index (χ0) is 19.2. The number of nitrogens with one attached hydrogen (secondary N) is 1.